The molecule has 102 valence electrons. The van der Waals surface area contributed by atoms with E-state index in [-0.39, 0.29) is 30.9 Å². The van der Waals surface area contributed by atoms with Gasteiger partial charge in [0.2, 0.25) is 0 Å². The maximum Gasteiger partial charge on any atom is 0.140 e. The van der Waals surface area contributed by atoms with Crippen LogP contribution < -0.4 is 5.73 Å². The summed E-state index contributed by atoms with van der Waals surface area (Å²) in [7, 11) is 0. The largest absolute Gasteiger partial charge is 0.409 e. The number of fused-ring (bicyclic) bond motifs is 2. The van der Waals surface area contributed by atoms with Crippen LogP contribution in [0.4, 0.5) is 0 Å². The van der Waals surface area contributed by atoms with Gasteiger partial charge in [-0.1, -0.05) is 5.16 Å². The highest BCUT2D eigenvalue weighted by molar-refractivity contribution is 5.85. The molecule has 0 aromatic rings. The quantitative estimate of drug-likeness (QED) is 0.312. The highest BCUT2D eigenvalue weighted by atomic mass is 35.5. The predicted molar refractivity (Wildman–Crippen MR) is 71.3 cm³/mol. The standard InChI is InChI=1S/C10H19N3O2.2ClH/c11-10(12-15)3-4-13-7-1-2-8(13)6-9(14)5-7;;/h7-9,14-15H,1-6H2,(H2,11,12);2*1H. The minimum absolute atomic E-state index is 0. The molecule has 4 N–H and O–H groups in total. The number of nitrogens with zero attached hydrogens (tertiary/aromatic N) is 2. The summed E-state index contributed by atoms with van der Waals surface area (Å²) < 4.78 is 0. The lowest BCUT2D eigenvalue weighted by Gasteiger charge is -2.37. The van der Waals surface area contributed by atoms with Gasteiger partial charge in [-0.25, -0.2) is 0 Å². The lowest BCUT2D eigenvalue weighted by molar-refractivity contribution is 0.0370. The number of hydrogen-bond acceptors (Lipinski definition) is 4. The van der Waals surface area contributed by atoms with Crippen LogP contribution >= 0.6 is 24.8 Å². The van der Waals surface area contributed by atoms with Crippen LogP contribution in [-0.2, 0) is 0 Å². The van der Waals surface area contributed by atoms with Gasteiger partial charge >= 0.3 is 0 Å². The van der Waals surface area contributed by atoms with Crippen molar-refractivity contribution in [1.29, 1.82) is 0 Å². The average Bonchev–Trinajstić information content (AvgIpc) is 2.46. The van der Waals surface area contributed by atoms with Gasteiger partial charge < -0.3 is 16.0 Å². The minimum atomic E-state index is -0.123. The molecule has 0 aromatic carbocycles. The molecule has 0 spiro atoms. The van der Waals surface area contributed by atoms with Crippen molar-refractivity contribution in [3.05, 3.63) is 0 Å². The Morgan fingerprint density at radius 3 is 2.24 bits per heavy atom. The summed E-state index contributed by atoms with van der Waals surface area (Å²) in [4.78, 5) is 2.41. The number of rotatable bonds is 3. The Hall–Kier alpha value is -0.230. The van der Waals surface area contributed by atoms with E-state index in [4.69, 9.17) is 10.9 Å². The summed E-state index contributed by atoms with van der Waals surface area (Å²) >= 11 is 0. The van der Waals surface area contributed by atoms with Crippen LogP contribution in [0.25, 0.3) is 0 Å². The molecule has 0 aliphatic carbocycles. The van der Waals surface area contributed by atoms with Crippen molar-refractivity contribution in [3.8, 4) is 0 Å². The number of oxime groups is 1. The third kappa shape index (κ3) is 3.88. The highest BCUT2D eigenvalue weighted by Gasteiger charge is 2.39. The molecule has 2 aliphatic heterocycles. The fourth-order valence-electron chi connectivity index (χ4n) is 2.90. The number of aliphatic hydroxyl groups is 1. The zero-order valence-electron chi connectivity index (χ0n) is 9.66. The van der Waals surface area contributed by atoms with Crippen molar-refractivity contribution < 1.29 is 10.3 Å². The molecule has 0 amide bonds. The Balaban J connectivity index is 0.00000128. The normalized spacial score (nSPS) is 32.8. The van der Waals surface area contributed by atoms with Gasteiger partial charge in [0, 0.05) is 25.0 Å². The van der Waals surface area contributed by atoms with Crippen molar-refractivity contribution in [2.75, 3.05) is 6.54 Å². The molecule has 2 rings (SSSR count). The monoisotopic (exact) mass is 285 g/mol. The summed E-state index contributed by atoms with van der Waals surface area (Å²) in [5, 5.41) is 21.1. The van der Waals surface area contributed by atoms with Gasteiger partial charge in [0.15, 0.2) is 0 Å². The van der Waals surface area contributed by atoms with Crippen LogP contribution in [0.3, 0.4) is 0 Å². The topological polar surface area (TPSA) is 82.1 Å². The Morgan fingerprint density at radius 1 is 1.24 bits per heavy atom. The molecule has 2 saturated heterocycles. The van der Waals surface area contributed by atoms with E-state index in [1.165, 1.54) is 12.8 Å². The van der Waals surface area contributed by atoms with E-state index in [1.54, 1.807) is 0 Å². The summed E-state index contributed by atoms with van der Waals surface area (Å²) in [6.07, 6.45) is 4.61. The van der Waals surface area contributed by atoms with Crippen molar-refractivity contribution in [3.63, 3.8) is 0 Å². The number of hydrogen-bond donors (Lipinski definition) is 3. The predicted octanol–water partition coefficient (Wildman–Crippen LogP) is 0.954. The zero-order valence-corrected chi connectivity index (χ0v) is 11.3. The third-order valence-electron chi connectivity index (χ3n) is 3.61. The SMILES string of the molecule is Cl.Cl.N/C(CCN1C2CCC1CC(O)C2)=N\O. The van der Waals surface area contributed by atoms with E-state index < -0.39 is 0 Å². The molecule has 5 nitrogen and oxygen atoms in total. The van der Waals surface area contributed by atoms with Crippen LogP contribution in [-0.4, -0.2) is 45.8 Å². The second-order valence-electron chi connectivity index (χ2n) is 4.59. The second kappa shape index (κ2) is 7.26. The first-order valence-corrected chi connectivity index (χ1v) is 5.61. The maximum absolute atomic E-state index is 9.62. The molecule has 0 aromatic heterocycles. The van der Waals surface area contributed by atoms with E-state index in [0.717, 1.165) is 19.4 Å². The summed E-state index contributed by atoms with van der Waals surface area (Å²) in [5.74, 6) is 0.292. The lowest BCUT2D eigenvalue weighted by atomic mass is 10.00. The fraction of sp³-hybridized carbons (Fsp3) is 0.900. The van der Waals surface area contributed by atoms with E-state index >= 15 is 0 Å². The number of aliphatic hydroxyl groups excluding tert-OH is 1. The molecular formula is C10H21Cl2N3O2. The Labute approximate surface area is 114 Å². The van der Waals surface area contributed by atoms with E-state index in [0.29, 0.717) is 24.3 Å². The van der Waals surface area contributed by atoms with Gasteiger partial charge in [-0.15, -0.1) is 24.8 Å². The number of nitrogens with two attached hydrogens (primary N) is 1. The van der Waals surface area contributed by atoms with Gasteiger partial charge in [-0.05, 0) is 25.7 Å². The molecule has 2 aliphatic rings. The smallest absolute Gasteiger partial charge is 0.140 e. The maximum atomic E-state index is 9.62. The van der Waals surface area contributed by atoms with Crippen LogP contribution in [0, 0.1) is 0 Å². The summed E-state index contributed by atoms with van der Waals surface area (Å²) in [5.41, 5.74) is 5.45. The molecule has 7 heteroatoms. The molecule has 0 radical (unpaired) electrons. The molecule has 17 heavy (non-hydrogen) atoms. The molecule has 2 fully saturated rings. The Kier molecular flexibility index (Phi) is 7.16. The van der Waals surface area contributed by atoms with Crippen molar-refractivity contribution >= 4 is 30.6 Å². The number of amidine groups is 1. The van der Waals surface area contributed by atoms with Crippen LogP contribution in [0.2, 0.25) is 0 Å². The Bertz CT molecular complexity index is 252. The van der Waals surface area contributed by atoms with Crippen molar-refractivity contribution in [2.45, 2.75) is 50.3 Å². The first-order valence-electron chi connectivity index (χ1n) is 5.61. The molecular weight excluding hydrogens is 265 g/mol. The Morgan fingerprint density at radius 2 is 1.76 bits per heavy atom. The lowest BCUT2D eigenvalue weighted by Crippen LogP contribution is -2.45. The van der Waals surface area contributed by atoms with Gasteiger partial charge in [-0.2, -0.15) is 0 Å². The third-order valence-corrected chi connectivity index (χ3v) is 3.61. The number of halogens is 2. The molecule has 2 bridgehead atoms. The second-order valence-corrected chi connectivity index (χ2v) is 4.59. The van der Waals surface area contributed by atoms with Crippen molar-refractivity contribution in [2.24, 2.45) is 10.9 Å². The molecule has 2 heterocycles. The van der Waals surface area contributed by atoms with Gasteiger partial charge in [0.1, 0.15) is 5.84 Å². The first-order chi connectivity index (χ1) is 7.20. The first kappa shape index (κ1) is 16.8. The molecule has 0 saturated carbocycles. The van der Waals surface area contributed by atoms with Crippen LogP contribution in [0.15, 0.2) is 5.16 Å². The van der Waals surface area contributed by atoms with Crippen LogP contribution in [0.1, 0.15) is 32.1 Å². The summed E-state index contributed by atoms with van der Waals surface area (Å²) in [6, 6.07) is 1.01. The van der Waals surface area contributed by atoms with Gasteiger partial charge in [0.25, 0.3) is 0 Å². The number of piperidine rings is 1. The van der Waals surface area contributed by atoms with Crippen molar-refractivity contribution in [1.82, 2.24) is 4.90 Å². The fourth-order valence-corrected chi connectivity index (χ4v) is 2.90. The summed E-state index contributed by atoms with van der Waals surface area (Å²) in [6.45, 7) is 0.845. The van der Waals surface area contributed by atoms with E-state index in [1.807, 2.05) is 0 Å². The zero-order chi connectivity index (χ0) is 10.8. The highest BCUT2D eigenvalue weighted by Crippen LogP contribution is 2.35. The minimum Gasteiger partial charge on any atom is -0.409 e. The van der Waals surface area contributed by atoms with E-state index in [9.17, 15) is 5.11 Å². The molecule has 2 unspecified atom stereocenters. The van der Waals surface area contributed by atoms with Gasteiger partial charge in [-0.3, -0.25) is 4.90 Å². The van der Waals surface area contributed by atoms with Gasteiger partial charge in [0.05, 0.1) is 6.10 Å². The van der Waals surface area contributed by atoms with Crippen LogP contribution in [0.5, 0.6) is 0 Å². The average molecular weight is 286 g/mol. The molecule has 2 atom stereocenters. The van der Waals surface area contributed by atoms with E-state index in [2.05, 4.69) is 10.1 Å².